The number of hydrogen-bond acceptors (Lipinski definition) is 3. The number of piperidine rings is 1. The van der Waals surface area contributed by atoms with Gasteiger partial charge < -0.3 is 10.2 Å². The Balaban J connectivity index is 1.96. The number of benzene rings is 1. The molecule has 0 aliphatic carbocycles. The average molecular weight is 376 g/mol. The molecule has 0 amide bonds. The molecule has 2 heterocycles. The molecule has 8 heteroatoms. The Hall–Kier alpha value is -1.60. The Kier molecular flexibility index (Phi) is 5.06. The largest absolute Gasteiger partial charge is 0.394 e. The number of anilines is 1. The number of aromatic nitrogens is 1. The highest BCUT2D eigenvalue weighted by atomic mass is 35.5. The molecule has 1 N–H and O–H groups in total. The molecule has 0 radical (unpaired) electrons. The SMILES string of the molecule is CN1CC[C@@H](Nc2cccc3c(CC(F)(F)F)nc(Cl)cc23)[C@@H](F)C1. The van der Waals surface area contributed by atoms with Gasteiger partial charge in [-0.25, -0.2) is 9.37 Å². The highest BCUT2D eigenvalue weighted by Crippen LogP contribution is 2.32. The Morgan fingerprint density at radius 1 is 1.32 bits per heavy atom. The zero-order valence-corrected chi connectivity index (χ0v) is 14.3. The fraction of sp³-hybridized carbons (Fsp3) is 0.471. The lowest BCUT2D eigenvalue weighted by Crippen LogP contribution is -2.46. The zero-order valence-electron chi connectivity index (χ0n) is 13.6. The second-order valence-corrected chi connectivity index (χ2v) is 6.79. The number of nitrogens with one attached hydrogen (secondary N) is 1. The third-order valence-corrected chi connectivity index (χ3v) is 4.57. The summed E-state index contributed by atoms with van der Waals surface area (Å²) >= 11 is 5.93. The average Bonchev–Trinajstić information content (AvgIpc) is 2.49. The van der Waals surface area contributed by atoms with E-state index in [4.69, 9.17) is 11.6 Å². The van der Waals surface area contributed by atoms with Gasteiger partial charge in [-0.1, -0.05) is 23.7 Å². The number of alkyl halides is 4. The summed E-state index contributed by atoms with van der Waals surface area (Å²) in [5, 5.41) is 4.02. The Labute approximate surface area is 148 Å². The van der Waals surface area contributed by atoms with Gasteiger partial charge in [0, 0.05) is 29.5 Å². The number of rotatable bonds is 3. The smallest absolute Gasteiger partial charge is 0.379 e. The van der Waals surface area contributed by atoms with Gasteiger partial charge in [0.25, 0.3) is 0 Å². The Bertz CT molecular complexity index is 765. The van der Waals surface area contributed by atoms with Crippen molar-refractivity contribution in [3.8, 4) is 0 Å². The van der Waals surface area contributed by atoms with Gasteiger partial charge in [0.1, 0.15) is 11.3 Å². The van der Waals surface area contributed by atoms with Crippen LogP contribution in [-0.2, 0) is 6.42 Å². The first-order valence-corrected chi connectivity index (χ1v) is 8.35. The summed E-state index contributed by atoms with van der Waals surface area (Å²) in [7, 11) is 1.86. The van der Waals surface area contributed by atoms with Gasteiger partial charge in [-0.3, -0.25) is 0 Å². The Morgan fingerprint density at radius 3 is 2.76 bits per heavy atom. The first-order valence-electron chi connectivity index (χ1n) is 7.97. The normalized spacial score (nSPS) is 22.3. The minimum atomic E-state index is -4.38. The van der Waals surface area contributed by atoms with Crippen LogP contribution >= 0.6 is 11.6 Å². The van der Waals surface area contributed by atoms with E-state index in [1.165, 1.54) is 6.07 Å². The summed E-state index contributed by atoms with van der Waals surface area (Å²) in [6.45, 7) is 1.08. The minimum absolute atomic E-state index is 0.0128. The van der Waals surface area contributed by atoms with Crippen LogP contribution in [0.15, 0.2) is 24.3 Å². The van der Waals surface area contributed by atoms with E-state index in [2.05, 4.69) is 10.3 Å². The molecule has 0 saturated carbocycles. The van der Waals surface area contributed by atoms with Gasteiger partial charge in [0.15, 0.2) is 0 Å². The van der Waals surface area contributed by atoms with E-state index in [0.717, 1.165) is 6.54 Å². The van der Waals surface area contributed by atoms with Gasteiger partial charge in [-0.05, 0) is 25.6 Å². The van der Waals surface area contributed by atoms with Crippen LogP contribution in [0.2, 0.25) is 5.15 Å². The van der Waals surface area contributed by atoms with Crippen molar-refractivity contribution in [2.75, 3.05) is 25.5 Å². The van der Waals surface area contributed by atoms with Crippen molar-refractivity contribution in [2.24, 2.45) is 0 Å². The van der Waals surface area contributed by atoms with Crippen molar-refractivity contribution in [1.82, 2.24) is 9.88 Å². The summed E-state index contributed by atoms with van der Waals surface area (Å²) < 4.78 is 52.7. The van der Waals surface area contributed by atoms with Gasteiger partial charge in [0.2, 0.25) is 0 Å². The predicted molar refractivity (Wildman–Crippen MR) is 90.9 cm³/mol. The lowest BCUT2D eigenvalue weighted by molar-refractivity contribution is -0.127. The molecule has 3 rings (SSSR count). The maximum atomic E-state index is 14.3. The van der Waals surface area contributed by atoms with Crippen LogP contribution in [0.3, 0.4) is 0 Å². The molecule has 1 aliphatic rings. The van der Waals surface area contributed by atoms with E-state index >= 15 is 0 Å². The quantitative estimate of drug-likeness (QED) is 0.634. The highest BCUT2D eigenvalue weighted by molar-refractivity contribution is 6.30. The van der Waals surface area contributed by atoms with Gasteiger partial charge in [-0.15, -0.1) is 0 Å². The van der Waals surface area contributed by atoms with Crippen molar-refractivity contribution in [1.29, 1.82) is 0 Å². The van der Waals surface area contributed by atoms with Crippen LogP contribution in [0.4, 0.5) is 23.2 Å². The van der Waals surface area contributed by atoms with Crippen molar-refractivity contribution >= 4 is 28.1 Å². The molecule has 3 nitrogen and oxygen atoms in total. The molecule has 1 fully saturated rings. The molecule has 1 aromatic heterocycles. The first kappa shape index (κ1) is 18.2. The maximum Gasteiger partial charge on any atom is 0.394 e. The van der Waals surface area contributed by atoms with Crippen LogP contribution in [-0.4, -0.2) is 48.4 Å². The molecule has 25 heavy (non-hydrogen) atoms. The predicted octanol–water partition coefficient (Wildman–Crippen LogP) is 4.45. The molecule has 0 unspecified atom stereocenters. The Morgan fingerprint density at radius 2 is 2.08 bits per heavy atom. The molecule has 0 spiro atoms. The van der Waals surface area contributed by atoms with Crippen molar-refractivity contribution < 1.29 is 17.6 Å². The lowest BCUT2D eigenvalue weighted by atomic mass is 10.0. The highest BCUT2D eigenvalue weighted by Gasteiger charge is 2.31. The number of likely N-dealkylation sites (tertiary alicyclic amines) is 1. The zero-order chi connectivity index (χ0) is 18.2. The maximum absolute atomic E-state index is 14.3. The van der Waals surface area contributed by atoms with E-state index in [1.54, 1.807) is 18.2 Å². The molecule has 1 aromatic carbocycles. The van der Waals surface area contributed by atoms with Crippen LogP contribution < -0.4 is 5.32 Å². The fourth-order valence-electron chi connectivity index (χ4n) is 3.18. The van der Waals surface area contributed by atoms with Gasteiger partial charge in [-0.2, -0.15) is 13.2 Å². The van der Waals surface area contributed by atoms with E-state index < -0.39 is 18.8 Å². The van der Waals surface area contributed by atoms with E-state index in [1.807, 2.05) is 11.9 Å². The summed E-state index contributed by atoms with van der Waals surface area (Å²) in [4.78, 5) is 5.75. The molecule has 2 aromatic rings. The van der Waals surface area contributed by atoms with E-state index in [0.29, 0.717) is 29.4 Å². The number of hydrogen-bond donors (Lipinski definition) is 1. The summed E-state index contributed by atoms with van der Waals surface area (Å²) in [5.41, 5.74) is 0.446. The summed E-state index contributed by atoms with van der Waals surface area (Å²) in [5.74, 6) is 0. The molecular weight excluding hydrogens is 358 g/mol. The third-order valence-electron chi connectivity index (χ3n) is 4.38. The van der Waals surface area contributed by atoms with Crippen LogP contribution in [0.5, 0.6) is 0 Å². The second-order valence-electron chi connectivity index (χ2n) is 6.40. The van der Waals surface area contributed by atoms with Crippen molar-refractivity contribution in [3.05, 3.63) is 35.1 Å². The van der Waals surface area contributed by atoms with E-state index in [9.17, 15) is 17.6 Å². The molecular formula is C17H18ClF4N3. The number of pyridine rings is 1. The van der Waals surface area contributed by atoms with Crippen LogP contribution in [0, 0.1) is 0 Å². The molecule has 1 saturated heterocycles. The van der Waals surface area contributed by atoms with Crippen LogP contribution in [0.25, 0.3) is 10.8 Å². The van der Waals surface area contributed by atoms with E-state index in [-0.39, 0.29) is 16.9 Å². The monoisotopic (exact) mass is 375 g/mol. The number of nitrogens with zero attached hydrogens (tertiary/aromatic N) is 2. The second kappa shape index (κ2) is 6.96. The van der Waals surface area contributed by atoms with Gasteiger partial charge in [0.05, 0.1) is 18.2 Å². The molecule has 2 atom stereocenters. The molecule has 1 aliphatic heterocycles. The number of halogens is 5. The molecule has 136 valence electrons. The van der Waals surface area contributed by atoms with Crippen molar-refractivity contribution in [3.63, 3.8) is 0 Å². The van der Waals surface area contributed by atoms with Gasteiger partial charge >= 0.3 is 6.18 Å². The lowest BCUT2D eigenvalue weighted by Gasteiger charge is -2.33. The van der Waals surface area contributed by atoms with Crippen molar-refractivity contribution in [2.45, 2.75) is 31.2 Å². The van der Waals surface area contributed by atoms with Crippen LogP contribution in [0.1, 0.15) is 12.1 Å². The summed E-state index contributed by atoms with van der Waals surface area (Å²) in [6.07, 6.45) is -5.98. The third kappa shape index (κ3) is 4.33. The molecule has 0 bridgehead atoms. The number of fused-ring (bicyclic) bond motifs is 1. The standard InChI is InChI=1S/C17H18ClF4N3/c1-25-6-5-14(12(19)9-25)23-13-4-2-3-10-11(13)7-16(18)24-15(10)8-17(20,21)22/h2-4,7,12,14,23H,5-6,8-9H2,1H3/t12-,14+/m0/s1. The summed E-state index contributed by atoms with van der Waals surface area (Å²) in [6, 6.07) is 6.07. The fourth-order valence-corrected chi connectivity index (χ4v) is 3.39. The first-order chi connectivity index (χ1) is 11.7. The minimum Gasteiger partial charge on any atom is -0.379 e. The topological polar surface area (TPSA) is 28.2 Å².